The highest BCUT2D eigenvalue weighted by Gasteiger charge is 2.34. The molecule has 0 aliphatic carbocycles. The second-order valence-corrected chi connectivity index (χ2v) is 5.73. The number of carbonyl (C=O) groups is 1. The minimum atomic E-state index is -0.447. The lowest BCUT2D eigenvalue weighted by Crippen LogP contribution is -2.21. The molecule has 5 heteroatoms. The molecule has 1 aromatic carbocycles. The van der Waals surface area contributed by atoms with Crippen molar-refractivity contribution in [3.63, 3.8) is 0 Å². The first kappa shape index (κ1) is 14.8. The van der Waals surface area contributed by atoms with Gasteiger partial charge in [0.05, 0.1) is 18.8 Å². The standard InChI is InChI=1S/C15H22N2O3/c1-15(2)9-20-13-11(14(16)18)6-10(7-12(13)15)8-17-4-5-19-3/h6-7,17H,4-5,8-9H2,1-3H3,(H2,16,18). The Bertz CT molecular complexity index is 512. The number of ether oxygens (including phenoxy) is 2. The zero-order valence-electron chi connectivity index (χ0n) is 12.3. The van der Waals surface area contributed by atoms with Crippen LogP contribution in [0, 0.1) is 0 Å². The van der Waals surface area contributed by atoms with Gasteiger partial charge >= 0.3 is 0 Å². The van der Waals surface area contributed by atoms with Gasteiger partial charge in [-0.15, -0.1) is 0 Å². The van der Waals surface area contributed by atoms with Crippen molar-refractivity contribution >= 4 is 5.91 Å². The summed E-state index contributed by atoms with van der Waals surface area (Å²) in [5.41, 5.74) is 7.92. The maximum absolute atomic E-state index is 11.6. The summed E-state index contributed by atoms with van der Waals surface area (Å²) in [6, 6.07) is 3.90. The zero-order chi connectivity index (χ0) is 14.8. The highest BCUT2D eigenvalue weighted by molar-refractivity contribution is 5.96. The van der Waals surface area contributed by atoms with E-state index in [-0.39, 0.29) is 5.41 Å². The first-order valence-electron chi connectivity index (χ1n) is 6.75. The molecule has 1 aliphatic heterocycles. The van der Waals surface area contributed by atoms with E-state index in [1.807, 2.05) is 6.07 Å². The van der Waals surface area contributed by atoms with E-state index < -0.39 is 5.91 Å². The third-order valence-electron chi connectivity index (χ3n) is 3.53. The molecule has 3 N–H and O–H groups in total. The van der Waals surface area contributed by atoms with Crippen LogP contribution in [0.2, 0.25) is 0 Å². The number of nitrogens with two attached hydrogens (primary N) is 1. The molecule has 5 nitrogen and oxygen atoms in total. The third kappa shape index (κ3) is 2.94. The van der Waals surface area contributed by atoms with E-state index in [4.69, 9.17) is 15.2 Å². The molecule has 0 atom stereocenters. The van der Waals surface area contributed by atoms with Crippen molar-refractivity contribution in [2.45, 2.75) is 25.8 Å². The van der Waals surface area contributed by atoms with Crippen LogP contribution in [0.1, 0.15) is 35.3 Å². The number of carbonyl (C=O) groups excluding carboxylic acids is 1. The molecule has 0 aromatic heterocycles. The molecule has 0 fully saturated rings. The van der Waals surface area contributed by atoms with Gasteiger partial charge in [-0.3, -0.25) is 4.79 Å². The first-order chi connectivity index (χ1) is 9.45. The van der Waals surface area contributed by atoms with Crippen molar-refractivity contribution in [3.8, 4) is 5.75 Å². The summed E-state index contributed by atoms with van der Waals surface area (Å²) in [6.45, 7) is 6.87. The molecule has 0 saturated heterocycles. The molecule has 110 valence electrons. The van der Waals surface area contributed by atoms with Gasteiger partial charge < -0.3 is 20.5 Å². The van der Waals surface area contributed by atoms with E-state index in [2.05, 4.69) is 25.2 Å². The molecule has 0 bridgehead atoms. The number of fused-ring (bicyclic) bond motifs is 1. The van der Waals surface area contributed by atoms with Crippen LogP contribution in [0.15, 0.2) is 12.1 Å². The van der Waals surface area contributed by atoms with Crippen molar-refractivity contribution in [2.24, 2.45) is 5.73 Å². The smallest absolute Gasteiger partial charge is 0.252 e. The summed E-state index contributed by atoms with van der Waals surface area (Å²) in [5, 5.41) is 3.27. The Balaban J connectivity index is 2.26. The summed E-state index contributed by atoms with van der Waals surface area (Å²) in [4.78, 5) is 11.6. The number of hydrogen-bond donors (Lipinski definition) is 2. The number of rotatable bonds is 6. The van der Waals surface area contributed by atoms with Crippen LogP contribution in [-0.2, 0) is 16.7 Å². The van der Waals surface area contributed by atoms with Gasteiger partial charge in [0.2, 0.25) is 0 Å². The predicted octanol–water partition coefficient (Wildman–Crippen LogP) is 1.19. The van der Waals surface area contributed by atoms with E-state index >= 15 is 0 Å². The number of primary amides is 1. The van der Waals surface area contributed by atoms with Gasteiger partial charge in [0.15, 0.2) is 0 Å². The van der Waals surface area contributed by atoms with Crippen molar-refractivity contribution in [1.82, 2.24) is 5.32 Å². The first-order valence-corrected chi connectivity index (χ1v) is 6.75. The van der Waals surface area contributed by atoms with Crippen LogP contribution < -0.4 is 15.8 Å². The summed E-state index contributed by atoms with van der Waals surface area (Å²) in [5.74, 6) is 0.195. The molecule has 1 aliphatic rings. The average molecular weight is 278 g/mol. The highest BCUT2D eigenvalue weighted by atomic mass is 16.5. The van der Waals surface area contributed by atoms with Crippen molar-refractivity contribution < 1.29 is 14.3 Å². The van der Waals surface area contributed by atoms with Crippen LogP contribution in [0.25, 0.3) is 0 Å². The highest BCUT2D eigenvalue weighted by Crippen LogP contribution is 2.41. The van der Waals surface area contributed by atoms with Gasteiger partial charge in [0, 0.05) is 31.2 Å². The molecule has 2 rings (SSSR count). The van der Waals surface area contributed by atoms with Crippen molar-refractivity contribution in [3.05, 3.63) is 28.8 Å². The number of methoxy groups -OCH3 is 1. The molecule has 1 aromatic rings. The lowest BCUT2D eigenvalue weighted by atomic mass is 9.85. The molecule has 1 amide bonds. The minimum Gasteiger partial charge on any atom is -0.492 e. The van der Waals surface area contributed by atoms with E-state index in [1.165, 1.54) is 0 Å². The molecule has 0 spiro atoms. The number of nitrogens with one attached hydrogen (secondary N) is 1. The molecule has 0 saturated carbocycles. The van der Waals surface area contributed by atoms with Crippen LogP contribution in [-0.4, -0.2) is 32.8 Å². The quantitative estimate of drug-likeness (QED) is 0.767. The second kappa shape index (κ2) is 5.81. The Kier molecular flexibility index (Phi) is 4.30. The molecule has 0 unspecified atom stereocenters. The summed E-state index contributed by atoms with van der Waals surface area (Å²) in [7, 11) is 1.67. The Morgan fingerprint density at radius 1 is 1.50 bits per heavy atom. The van der Waals surface area contributed by atoms with Crippen LogP contribution in [0.5, 0.6) is 5.75 Å². The predicted molar refractivity (Wildman–Crippen MR) is 77.1 cm³/mol. The second-order valence-electron chi connectivity index (χ2n) is 5.73. The fraction of sp³-hybridized carbons (Fsp3) is 0.533. The number of hydrogen-bond acceptors (Lipinski definition) is 4. The van der Waals surface area contributed by atoms with Crippen molar-refractivity contribution in [2.75, 3.05) is 26.9 Å². The minimum absolute atomic E-state index is 0.0952. The summed E-state index contributed by atoms with van der Waals surface area (Å²) in [6.07, 6.45) is 0. The lowest BCUT2D eigenvalue weighted by molar-refractivity contribution is 0.0997. The van der Waals surface area contributed by atoms with Crippen molar-refractivity contribution in [1.29, 1.82) is 0 Å². The third-order valence-corrected chi connectivity index (χ3v) is 3.53. The van der Waals surface area contributed by atoms with E-state index in [1.54, 1.807) is 7.11 Å². The molecule has 20 heavy (non-hydrogen) atoms. The van der Waals surface area contributed by atoms with Gasteiger partial charge in [0.1, 0.15) is 5.75 Å². The Morgan fingerprint density at radius 3 is 2.90 bits per heavy atom. The van der Waals surface area contributed by atoms with Gasteiger partial charge in [-0.1, -0.05) is 19.9 Å². The van der Waals surface area contributed by atoms with Gasteiger partial charge in [-0.2, -0.15) is 0 Å². The fourth-order valence-electron chi connectivity index (χ4n) is 2.37. The SMILES string of the molecule is COCCNCc1cc(C(N)=O)c2c(c1)C(C)(C)CO2. The normalized spacial score (nSPS) is 15.8. The van der Waals surface area contributed by atoms with Gasteiger partial charge in [-0.05, 0) is 11.6 Å². The number of benzene rings is 1. The van der Waals surface area contributed by atoms with Gasteiger partial charge in [0.25, 0.3) is 5.91 Å². The van der Waals surface area contributed by atoms with E-state index in [0.717, 1.165) is 17.7 Å². The number of amides is 1. The average Bonchev–Trinajstić information content (AvgIpc) is 2.70. The molecular weight excluding hydrogens is 256 g/mol. The lowest BCUT2D eigenvalue weighted by Gasteiger charge is -2.17. The Hall–Kier alpha value is -1.59. The zero-order valence-corrected chi connectivity index (χ0v) is 12.3. The molecule has 0 radical (unpaired) electrons. The maximum Gasteiger partial charge on any atom is 0.252 e. The molecule has 1 heterocycles. The maximum atomic E-state index is 11.6. The summed E-state index contributed by atoms with van der Waals surface area (Å²) < 4.78 is 10.7. The largest absolute Gasteiger partial charge is 0.492 e. The van der Waals surface area contributed by atoms with E-state index in [9.17, 15) is 4.79 Å². The Labute approximate surface area is 119 Å². The van der Waals surface area contributed by atoms with Crippen LogP contribution in [0.4, 0.5) is 0 Å². The Morgan fingerprint density at radius 2 is 2.25 bits per heavy atom. The monoisotopic (exact) mass is 278 g/mol. The van der Waals surface area contributed by atoms with Crippen LogP contribution in [0.3, 0.4) is 0 Å². The van der Waals surface area contributed by atoms with Crippen LogP contribution >= 0.6 is 0 Å². The fourth-order valence-corrected chi connectivity index (χ4v) is 2.37. The van der Waals surface area contributed by atoms with Gasteiger partial charge in [-0.25, -0.2) is 0 Å². The summed E-state index contributed by atoms with van der Waals surface area (Å²) >= 11 is 0. The van der Waals surface area contributed by atoms with E-state index in [0.29, 0.717) is 31.1 Å². The topological polar surface area (TPSA) is 73.6 Å². The molecular formula is C15H22N2O3.